The van der Waals surface area contributed by atoms with Crippen LogP contribution in [0, 0.1) is 0 Å². The first kappa shape index (κ1) is 15.9. The maximum Gasteiger partial charge on any atom is 0.0944 e. The van der Waals surface area contributed by atoms with E-state index in [1.165, 1.54) is 48.2 Å². The van der Waals surface area contributed by atoms with Gasteiger partial charge in [0.1, 0.15) is 0 Å². The number of aryl methyl sites for hydroxylation is 1. The maximum atomic E-state index is 4.86. The standard InChI is InChI=1S/C15H28N4S/c1-4-5-13-14(12-16-2)20-15(17-13)6-7-19-10-8-18(3)9-11-19/h16H,4-12H2,1-3H3. The second-order valence-corrected chi connectivity index (χ2v) is 6.82. The van der Waals surface area contributed by atoms with Crippen molar-refractivity contribution in [2.75, 3.05) is 46.8 Å². The molecule has 1 aromatic heterocycles. The van der Waals surface area contributed by atoms with Crippen LogP contribution in [0.4, 0.5) is 0 Å². The summed E-state index contributed by atoms with van der Waals surface area (Å²) in [6.07, 6.45) is 3.40. The first-order chi connectivity index (χ1) is 9.72. The Bertz CT molecular complexity index is 373. The molecule has 2 heterocycles. The van der Waals surface area contributed by atoms with Crippen molar-refractivity contribution in [3.8, 4) is 0 Å². The highest BCUT2D eigenvalue weighted by molar-refractivity contribution is 7.11. The molecule has 1 fully saturated rings. The molecule has 1 aliphatic rings. The van der Waals surface area contributed by atoms with E-state index in [9.17, 15) is 0 Å². The maximum absolute atomic E-state index is 4.86. The zero-order chi connectivity index (χ0) is 14.4. The number of thiazole rings is 1. The molecule has 114 valence electrons. The van der Waals surface area contributed by atoms with Crippen molar-refractivity contribution < 1.29 is 0 Å². The molecule has 1 N–H and O–H groups in total. The largest absolute Gasteiger partial charge is 0.315 e. The molecule has 0 unspecified atom stereocenters. The molecule has 1 aromatic rings. The Morgan fingerprint density at radius 1 is 1.20 bits per heavy atom. The van der Waals surface area contributed by atoms with Gasteiger partial charge >= 0.3 is 0 Å². The molecule has 0 spiro atoms. The smallest absolute Gasteiger partial charge is 0.0944 e. The van der Waals surface area contributed by atoms with Gasteiger partial charge in [0.15, 0.2) is 0 Å². The lowest BCUT2D eigenvalue weighted by Crippen LogP contribution is -2.45. The number of aromatic nitrogens is 1. The van der Waals surface area contributed by atoms with Gasteiger partial charge in [0.05, 0.1) is 10.7 Å². The minimum atomic E-state index is 0.960. The summed E-state index contributed by atoms with van der Waals surface area (Å²) in [4.78, 5) is 11.3. The fourth-order valence-corrected chi connectivity index (χ4v) is 3.72. The van der Waals surface area contributed by atoms with Crippen LogP contribution in [0.3, 0.4) is 0 Å². The SMILES string of the molecule is CCCc1nc(CCN2CCN(C)CC2)sc1CNC. The fourth-order valence-electron chi connectivity index (χ4n) is 2.60. The molecule has 0 atom stereocenters. The van der Waals surface area contributed by atoms with Crippen LogP contribution < -0.4 is 5.32 Å². The average molecular weight is 296 g/mol. The highest BCUT2D eigenvalue weighted by atomic mass is 32.1. The Kier molecular flexibility index (Phi) is 6.42. The summed E-state index contributed by atoms with van der Waals surface area (Å²) < 4.78 is 0. The number of likely N-dealkylation sites (N-methyl/N-ethyl adjacent to an activating group) is 1. The van der Waals surface area contributed by atoms with E-state index < -0.39 is 0 Å². The Labute approximate surface area is 127 Å². The summed E-state index contributed by atoms with van der Waals surface area (Å²) in [5, 5.41) is 4.58. The van der Waals surface area contributed by atoms with Gasteiger partial charge in [0.25, 0.3) is 0 Å². The third-order valence-corrected chi connectivity index (χ3v) is 5.04. The zero-order valence-electron chi connectivity index (χ0n) is 13.1. The molecule has 0 saturated carbocycles. The Morgan fingerprint density at radius 2 is 1.95 bits per heavy atom. The minimum absolute atomic E-state index is 0.960. The molecule has 0 aliphatic carbocycles. The van der Waals surface area contributed by atoms with Gasteiger partial charge in [0, 0.05) is 50.6 Å². The van der Waals surface area contributed by atoms with Gasteiger partial charge in [-0.15, -0.1) is 11.3 Å². The number of nitrogens with zero attached hydrogens (tertiary/aromatic N) is 3. The van der Waals surface area contributed by atoms with E-state index in [0.717, 1.165) is 25.9 Å². The van der Waals surface area contributed by atoms with Gasteiger partial charge in [-0.05, 0) is 20.5 Å². The molecule has 1 saturated heterocycles. The van der Waals surface area contributed by atoms with Crippen LogP contribution in [-0.4, -0.2) is 61.6 Å². The number of piperazine rings is 1. The van der Waals surface area contributed by atoms with Crippen molar-refractivity contribution in [2.45, 2.75) is 32.7 Å². The van der Waals surface area contributed by atoms with Crippen LogP contribution in [0.5, 0.6) is 0 Å². The monoisotopic (exact) mass is 296 g/mol. The van der Waals surface area contributed by atoms with E-state index in [1.807, 2.05) is 18.4 Å². The van der Waals surface area contributed by atoms with Crippen molar-refractivity contribution in [3.05, 3.63) is 15.6 Å². The Hall–Kier alpha value is -0.490. The van der Waals surface area contributed by atoms with Crippen molar-refractivity contribution in [1.29, 1.82) is 0 Å². The first-order valence-corrected chi connectivity index (χ1v) is 8.57. The van der Waals surface area contributed by atoms with Crippen LogP contribution in [0.15, 0.2) is 0 Å². The molecule has 2 rings (SSSR count). The van der Waals surface area contributed by atoms with E-state index in [1.54, 1.807) is 0 Å². The molecule has 0 bridgehead atoms. The van der Waals surface area contributed by atoms with Gasteiger partial charge < -0.3 is 15.1 Å². The molecule has 1 aliphatic heterocycles. The summed E-state index contributed by atoms with van der Waals surface area (Å²) in [5.41, 5.74) is 1.32. The summed E-state index contributed by atoms with van der Waals surface area (Å²) in [6.45, 7) is 9.15. The lowest BCUT2D eigenvalue weighted by atomic mass is 10.2. The molecule has 0 amide bonds. The number of hydrogen-bond acceptors (Lipinski definition) is 5. The van der Waals surface area contributed by atoms with Crippen LogP contribution in [-0.2, 0) is 19.4 Å². The summed E-state index contributed by atoms with van der Waals surface area (Å²) in [5.74, 6) is 0. The second-order valence-electron chi connectivity index (χ2n) is 5.65. The molecular formula is C15H28N4S. The number of nitrogens with one attached hydrogen (secondary N) is 1. The summed E-state index contributed by atoms with van der Waals surface area (Å²) >= 11 is 1.90. The average Bonchev–Trinajstić information content (AvgIpc) is 2.82. The van der Waals surface area contributed by atoms with Gasteiger partial charge in [0.2, 0.25) is 0 Å². The molecule has 5 heteroatoms. The number of rotatable bonds is 7. The first-order valence-electron chi connectivity index (χ1n) is 7.76. The van der Waals surface area contributed by atoms with Gasteiger partial charge in [-0.3, -0.25) is 0 Å². The van der Waals surface area contributed by atoms with Crippen molar-refractivity contribution in [1.82, 2.24) is 20.1 Å². The highest BCUT2D eigenvalue weighted by Gasteiger charge is 2.15. The third-order valence-electron chi connectivity index (χ3n) is 3.88. The topological polar surface area (TPSA) is 31.4 Å². The van der Waals surface area contributed by atoms with Gasteiger partial charge in [-0.2, -0.15) is 0 Å². The lowest BCUT2D eigenvalue weighted by molar-refractivity contribution is 0.155. The molecule has 20 heavy (non-hydrogen) atoms. The van der Waals surface area contributed by atoms with Crippen molar-refractivity contribution >= 4 is 11.3 Å². The molecular weight excluding hydrogens is 268 g/mol. The van der Waals surface area contributed by atoms with Crippen LogP contribution >= 0.6 is 11.3 Å². The fraction of sp³-hybridized carbons (Fsp3) is 0.800. The number of hydrogen-bond donors (Lipinski definition) is 1. The third kappa shape index (κ3) is 4.52. The van der Waals surface area contributed by atoms with Crippen LogP contribution in [0.1, 0.15) is 28.9 Å². The summed E-state index contributed by atoms with van der Waals surface area (Å²) in [6, 6.07) is 0. The minimum Gasteiger partial charge on any atom is -0.315 e. The van der Waals surface area contributed by atoms with Crippen LogP contribution in [0.25, 0.3) is 0 Å². The molecule has 4 nitrogen and oxygen atoms in total. The molecule has 0 aromatic carbocycles. The van der Waals surface area contributed by atoms with Crippen molar-refractivity contribution in [2.24, 2.45) is 0 Å². The van der Waals surface area contributed by atoms with Gasteiger partial charge in [-0.25, -0.2) is 4.98 Å². The van der Waals surface area contributed by atoms with E-state index in [2.05, 4.69) is 29.1 Å². The predicted octanol–water partition coefficient (Wildman–Crippen LogP) is 1.60. The Balaban J connectivity index is 1.87. The van der Waals surface area contributed by atoms with Gasteiger partial charge in [-0.1, -0.05) is 13.3 Å². The highest BCUT2D eigenvalue weighted by Crippen LogP contribution is 2.21. The normalized spacial score (nSPS) is 17.8. The van der Waals surface area contributed by atoms with E-state index in [-0.39, 0.29) is 0 Å². The quantitative estimate of drug-likeness (QED) is 0.828. The van der Waals surface area contributed by atoms with Crippen molar-refractivity contribution in [3.63, 3.8) is 0 Å². The lowest BCUT2D eigenvalue weighted by Gasteiger charge is -2.32. The predicted molar refractivity (Wildman–Crippen MR) is 86.5 cm³/mol. The van der Waals surface area contributed by atoms with Crippen LogP contribution in [0.2, 0.25) is 0 Å². The zero-order valence-corrected chi connectivity index (χ0v) is 13.9. The van der Waals surface area contributed by atoms with E-state index in [4.69, 9.17) is 4.98 Å². The van der Waals surface area contributed by atoms with E-state index in [0.29, 0.717) is 0 Å². The second kappa shape index (κ2) is 8.08. The van der Waals surface area contributed by atoms with E-state index >= 15 is 0 Å². The molecule has 0 radical (unpaired) electrons. The Morgan fingerprint density at radius 3 is 2.60 bits per heavy atom. The summed E-state index contributed by atoms with van der Waals surface area (Å²) in [7, 11) is 4.22.